The molecule has 0 aliphatic carbocycles. The third-order valence-electron chi connectivity index (χ3n) is 7.59. The first-order valence-electron chi connectivity index (χ1n) is 15.3. The van der Waals surface area contributed by atoms with E-state index in [9.17, 15) is 27.6 Å². The van der Waals surface area contributed by atoms with Crippen LogP contribution in [0.5, 0.6) is 0 Å². The number of sulfonamides is 1. The van der Waals surface area contributed by atoms with Crippen molar-refractivity contribution in [3.63, 3.8) is 0 Å². The number of fused-ring (bicyclic) bond motifs is 2. The smallest absolute Gasteiger partial charge is 0.242 e. The monoisotopic (exact) mass is 677 g/mol. The van der Waals surface area contributed by atoms with Gasteiger partial charge in [-0.3, -0.25) is 19.2 Å². The number of carbonyl (C=O) groups is 4. The average molecular weight is 678 g/mol. The largest absolute Gasteiger partial charge is 0.409 e. The Balaban J connectivity index is 1.54. The standard InChI is InChI=1S/C33H39N7O7S/c34-31(39-45)26-11-9-22(10-12-26)18-37-32(43)27-13-15-29(41)35-19-24-7-4-8-25(17-24)20-36-30(42)16-14-28(33(44)38-27)40-48(46,47)21-23-5-2-1-3-6-23/h1-12,17,27-28,40,45H,13-16,18-21H2,(H2,34,39)(H,35,41)(H,36,42)(H,37,43)(H,38,44)/t27-,28+/m0/s1. The molecule has 0 unspecified atom stereocenters. The fourth-order valence-corrected chi connectivity index (χ4v) is 6.35. The van der Waals surface area contributed by atoms with E-state index in [1.54, 1.807) is 60.7 Å². The van der Waals surface area contributed by atoms with E-state index in [4.69, 9.17) is 10.9 Å². The highest BCUT2D eigenvalue weighted by Gasteiger charge is 2.30. The van der Waals surface area contributed by atoms with Crippen molar-refractivity contribution >= 4 is 39.5 Å². The second-order valence-electron chi connectivity index (χ2n) is 11.3. The number of amidine groups is 1. The van der Waals surface area contributed by atoms with Crippen molar-refractivity contribution < 1.29 is 32.8 Å². The summed E-state index contributed by atoms with van der Waals surface area (Å²) in [5.74, 6) is -2.66. The van der Waals surface area contributed by atoms with Crippen LogP contribution in [0.1, 0.15) is 53.5 Å². The Morgan fingerprint density at radius 2 is 1.48 bits per heavy atom. The van der Waals surface area contributed by atoms with Gasteiger partial charge in [-0.2, -0.15) is 0 Å². The highest BCUT2D eigenvalue weighted by atomic mass is 32.2. The van der Waals surface area contributed by atoms with Gasteiger partial charge in [0.05, 0.1) is 5.75 Å². The van der Waals surface area contributed by atoms with Crippen LogP contribution in [-0.2, 0) is 54.6 Å². The summed E-state index contributed by atoms with van der Waals surface area (Å²) in [5, 5.41) is 22.8. The third kappa shape index (κ3) is 11.2. The quantitative estimate of drug-likeness (QED) is 0.0783. The van der Waals surface area contributed by atoms with Crippen LogP contribution in [-0.4, -0.2) is 55.2 Å². The van der Waals surface area contributed by atoms with Crippen LogP contribution in [0.3, 0.4) is 0 Å². The van der Waals surface area contributed by atoms with Crippen molar-refractivity contribution in [1.82, 2.24) is 26.0 Å². The summed E-state index contributed by atoms with van der Waals surface area (Å²) in [6.45, 7) is 0.471. The van der Waals surface area contributed by atoms with Crippen molar-refractivity contribution in [3.8, 4) is 0 Å². The van der Waals surface area contributed by atoms with Crippen LogP contribution in [0.15, 0.2) is 84.0 Å². The Morgan fingerprint density at radius 3 is 2.10 bits per heavy atom. The highest BCUT2D eigenvalue weighted by Crippen LogP contribution is 2.11. The minimum atomic E-state index is -4.06. The zero-order valence-corrected chi connectivity index (χ0v) is 27.0. The van der Waals surface area contributed by atoms with E-state index in [2.05, 4.69) is 31.1 Å². The number of rotatable bonds is 8. The lowest BCUT2D eigenvalue weighted by Crippen LogP contribution is -2.54. The van der Waals surface area contributed by atoms with Gasteiger partial charge in [0.25, 0.3) is 0 Å². The molecule has 8 N–H and O–H groups in total. The molecular weight excluding hydrogens is 638 g/mol. The van der Waals surface area contributed by atoms with Crippen LogP contribution in [0.2, 0.25) is 0 Å². The van der Waals surface area contributed by atoms with Gasteiger partial charge in [-0.1, -0.05) is 84.0 Å². The van der Waals surface area contributed by atoms with Crippen molar-refractivity contribution in [1.29, 1.82) is 0 Å². The molecule has 0 radical (unpaired) electrons. The van der Waals surface area contributed by atoms with Gasteiger partial charge in [-0.15, -0.1) is 0 Å². The molecule has 15 heteroatoms. The number of benzene rings is 3. The van der Waals surface area contributed by atoms with Crippen molar-refractivity contribution in [2.45, 2.75) is 63.2 Å². The maximum atomic E-state index is 13.6. The van der Waals surface area contributed by atoms with Crippen LogP contribution in [0.25, 0.3) is 0 Å². The summed E-state index contributed by atoms with van der Waals surface area (Å²) in [6, 6.07) is 19.7. The first-order chi connectivity index (χ1) is 23.0. The number of oxime groups is 1. The molecule has 14 nitrogen and oxygen atoms in total. The van der Waals surface area contributed by atoms with Crippen molar-refractivity contribution in [2.24, 2.45) is 10.9 Å². The molecule has 1 aliphatic heterocycles. The molecule has 254 valence electrons. The maximum absolute atomic E-state index is 13.6. The molecule has 1 aliphatic rings. The number of carbonyl (C=O) groups excluding carboxylic acids is 4. The summed E-state index contributed by atoms with van der Waals surface area (Å²) in [5.41, 5.74) is 8.86. The molecule has 2 atom stereocenters. The zero-order valence-electron chi connectivity index (χ0n) is 26.1. The van der Waals surface area contributed by atoms with Gasteiger partial charge in [0.1, 0.15) is 12.1 Å². The lowest BCUT2D eigenvalue weighted by atomic mass is 10.1. The van der Waals surface area contributed by atoms with Gasteiger partial charge in [0, 0.05) is 38.0 Å². The van der Waals surface area contributed by atoms with E-state index in [0.717, 1.165) is 11.1 Å². The minimum Gasteiger partial charge on any atom is -0.409 e. The zero-order chi connectivity index (χ0) is 34.5. The highest BCUT2D eigenvalue weighted by molar-refractivity contribution is 7.88. The first-order valence-corrected chi connectivity index (χ1v) is 17.0. The molecule has 0 saturated carbocycles. The van der Waals surface area contributed by atoms with Crippen molar-refractivity contribution in [2.75, 3.05) is 0 Å². The molecule has 48 heavy (non-hydrogen) atoms. The summed E-state index contributed by atoms with van der Waals surface area (Å²) < 4.78 is 28.7. The summed E-state index contributed by atoms with van der Waals surface area (Å²) in [7, 11) is -4.06. The van der Waals surface area contributed by atoms with E-state index >= 15 is 0 Å². The van der Waals surface area contributed by atoms with Crippen LogP contribution < -0.4 is 31.7 Å². The Morgan fingerprint density at radius 1 is 0.854 bits per heavy atom. The Kier molecular flexibility index (Phi) is 12.6. The Hall–Kier alpha value is -5.28. The van der Waals surface area contributed by atoms with Gasteiger partial charge < -0.3 is 32.2 Å². The SMILES string of the molecule is N/C(=N\O)c1ccc(CNC(=O)[C@@H]2CCC(=O)NCc3cccc(c3)CNC(=O)CC[C@@H](NS(=O)(=O)Cc3ccccc3)C(=O)N2)cc1. The van der Waals surface area contributed by atoms with Crippen molar-refractivity contribution in [3.05, 3.63) is 107 Å². The normalized spacial score (nSPS) is 18.5. The van der Waals surface area contributed by atoms with Gasteiger partial charge >= 0.3 is 0 Å². The summed E-state index contributed by atoms with van der Waals surface area (Å²) in [4.78, 5) is 52.6. The average Bonchev–Trinajstić information content (AvgIpc) is 3.08. The second-order valence-corrected chi connectivity index (χ2v) is 13.1. The fraction of sp³-hybridized carbons (Fsp3) is 0.303. The van der Waals surface area contributed by atoms with Crippen LogP contribution >= 0.6 is 0 Å². The van der Waals surface area contributed by atoms with E-state index < -0.39 is 45.6 Å². The molecule has 2 bridgehead atoms. The first kappa shape index (κ1) is 35.6. The molecule has 3 aromatic rings. The molecule has 0 saturated heterocycles. The Bertz CT molecular complexity index is 1730. The Labute approximate surface area is 278 Å². The number of amides is 4. The maximum Gasteiger partial charge on any atom is 0.242 e. The summed E-state index contributed by atoms with van der Waals surface area (Å²) in [6.07, 6.45) is -0.565. The lowest BCUT2D eigenvalue weighted by Gasteiger charge is -2.23. The van der Waals surface area contributed by atoms with E-state index in [0.29, 0.717) is 16.7 Å². The summed E-state index contributed by atoms with van der Waals surface area (Å²) >= 11 is 0. The van der Waals surface area contributed by atoms with Crippen LogP contribution in [0.4, 0.5) is 0 Å². The number of nitrogens with two attached hydrogens (primary N) is 1. The molecule has 4 rings (SSSR count). The number of hydrogen-bond acceptors (Lipinski definition) is 8. The topological polar surface area (TPSA) is 221 Å². The van der Waals surface area contributed by atoms with Crippen LogP contribution in [0, 0.1) is 0 Å². The van der Waals surface area contributed by atoms with E-state index in [1.807, 2.05) is 18.2 Å². The fourth-order valence-electron chi connectivity index (χ4n) is 4.98. The minimum absolute atomic E-state index is 0.0531. The van der Waals surface area contributed by atoms with E-state index in [1.165, 1.54) is 0 Å². The predicted octanol–water partition coefficient (Wildman–Crippen LogP) is 0.877. The lowest BCUT2D eigenvalue weighted by molar-refractivity contribution is -0.131. The van der Waals surface area contributed by atoms with Gasteiger partial charge in [-0.25, -0.2) is 13.1 Å². The third-order valence-corrected chi connectivity index (χ3v) is 8.94. The van der Waals surface area contributed by atoms with Gasteiger partial charge in [0.15, 0.2) is 5.84 Å². The van der Waals surface area contributed by atoms with Gasteiger partial charge in [-0.05, 0) is 35.1 Å². The second kappa shape index (κ2) is 17.0. The molecule has 0 fully saturated rings. The molecule has 3 aromatic carbocycles. The number of nitrogens with one attached hydrogen (secondary N) is 5. The van der Waals surface area contributed by atoms with E-state index in [-0.39, 0.29) is 57.1 Å². The molecule has 1 heterocycles. The number of hydrogen-bond donors (Lipinski definition) is 7. The molecule has 4 amide bonds. The van der Waals surface area contributed by atoms with Gasteiger partial charge in [0.2, 0.25) is 33.7 Å². The predicted molar refractivity (Wildman–Crippen MR) is 177 cm³/mol. The molecule has 0 aromatic heterocycles. The molecular formula is C33H39N7O7S. The molecule has 0 spiro atoms. The number of nitrogens with zero attached hydrogens (tertiary/aromatic N) is 1.